The zero-order valence-electron chi connectivity index (χ0n) is 6.04. The summed E-state index contributed by atoms with van der Waals surface area (Å²) in [4.78, 5) is 3.87. The van der Waals surface area contributed by atoms with Gasteiger partial charge >= 0.3 is 0 Å². The van der Waals surface area contributed by atoms with Crippen molar-refractivity contribution in [3.05, 3.63) is 25.3 Å². The van der Waals surface area contributed by atoms with E-state index in [-0.39, 0.29) is 0 Å². The third-order valence-corrected chi connectivity index (χ3v) is 1.03. The number of hydrazone groups is 1. The molecule has 3 nitrogen and oxygen atoms in total. The fourth-order valence-corrected chi connectivity index (χ4v) is 0.534. The van der Waals surface area contributed by atoms with E-state index in [9.17, 15) is 0 Å². The van der Waals surface area contributed by atoms with Gasteiger partial charge in [-0.15, -0.1) is 0 Å². The zero-order chi connectivity index (χ0) is 7.98. The number of allylic oxidation sites excluding steroid dienone is 2. The Labute approximate surface area is 60.7 Å². The molecule has 54 valence electrons. The van der Waals surface area contributed by atoms with E-state index in [0.717, 1.165) is 0 Å². The van der Waals surface area contributed by atoms with E-state index in [4.69, 9.17) is 5.84 Å². The van der Waals surface area contributed by atoms with Crippen molar-refractivity contribution in [3.8, 4) is 0 Å². The number of hydrogen-bond donors (Lipinski definition) is 1. The summed E-state index contributed by atoms with van der Waals surface area (Å²) in [5.74, 6) is 5.02. The van der Waals surface area contributed by atoms with E-state index in [0.29, 0.717) is 11.4 Å². The predicted octanol–water partition coefficient (Wildman–Crippen LogP) is 0.744. The molecule has 0 aliphatic rings. The minimum atomic E-state index is 0.553. The van der Waals surface area contributed by atoms with Gasteiger partial charge in [-0.25, -0.2) is 0 Å². The van der Waals surface area contributed by atoms with E-state index < -0.39 is 0 Å². The number of aliphatic imine (C=N–C) groups is 1. The molecule has 0 fully saturated rings. The Morgan fingerprint density at radius 3 is 1.90 bits per heavy atom. The largest absolute Gasteiger partial charge is 0.323 e. The highest BCUT2D eigenvalue weighted by molar-refractivity contribution is 6.50. The summed E-state index contributed by atoms with van der Waals surface area (Å²) in [6, 6.07) is 0. The Morgan fingerprint density at radius 2 is 1.80 bits per heavy atom. The van der Waals surface area contributed by atoms with Gasteiger partial charge in [0.2, 0.25) is 0 Å². The summed E-state index contributed by atoms with van der Waals surface area (Å²) in [7, 11) is 1.64. The topological polar surface area (TPSA) is 50.7 Å². The van der Waals surface area contributed by atoms with Gasteiger partial charge < -0.3 is 5.84 Å². The van der Waals surface area contributed by atoms with E-state index >= 15 is 0 Å². The Balaban J connectivity index is 4.58. The summed E-state index contributed by atoms with van der Waals surface area (Å²) in [5.41, 5.74) is 1.20. The van der Waals surface area contributed by atoms with Crippen LogP contribution in [0.15, 0.2) is 35.4 Å². The molecule has 0 aliphatic heterocycles. The molecule has 0 bridgehead atoms. The second kappa shape index (κ2) is 4.49. The van der Waals surface area contributed by atoms with E-state index in [1.807, 2.05) is 0 Å². The fraction of sp³-hybridized carbons (Fsp3) is 0.143. The van der Waals surface area contributed by atoms with Gasteiger partial charge in [0.25, 0.3) is 0 Å². The number of nitrogens with two attached hydrogens (primary N) is 1. The van der Waals surface area contributed by atoms with Crippen molar-refractivity contribution in [1.82, 2.24) is 0 Å². The maximum atomic E-state index is 5.02. The van der Waals surface area contributed by atoms with Crippen LogP contribution in [0.25, 0.3) is 0 Å². The molecule has 0 saturated carbocycles. The van der Waals surface area contributed by atoms with Gasteiger partial charge in [0.05, 0.1) is 5.71 Å². The highest BCUT2D eigenvalue weighted by Gasteiger charge is 1.96. The van der Waals surface area contributed by atoms with Crippen LogP contribution in [-0.4, -0.2) is 18.5 Å². The molecule has 0 aromatic carbocycles. The minimum absolute atomic E-state index is 0.553. The fourth-order valence-electron chi connectivity index (χ4n) is 0.534. The normalized spacial score (nSPS) is 12.9. The molecular weight excluding hydrogens is 126 g/mol. The first-order valence-corrected chi connectivity index (χ1v) is 2.80. The third-order valence-electron chi connectivity index (χ3n) is 1.03. The SMILES string of the molecule is C=CC(=NC)/C(C=C)=N\N. The second-order valence-electron chi connectivity index (χ2n) is 1.53. The van der Waals surface area contributed by atoms with Gasteiger partial charge in [-0.2, -0.15) is 5.10 Å². The second-order valence-corrected chi connectivity index (χ2v) is 1.53. The van der Waals surface area contributed by atoms with Crippen molar-refractivity contribution in [2.24, 2.45) is 15.9 Å². The lowest BCUT2D eigenvalue weighted by Crippen LogP contribution is -2.10. The van der Waals surface area contributed by atoms with Gasteiger partial charge in [0.15, 0.2) is 0 Å². The van der Waals surface area contributed by atoms with E-state index in [2.05, 4.69) is 23.3 Å². The first-order valence-electron chi connectivity index (χ1n) is 2.80. The molecular formula is C7H11N3. The average molecular weight is 137 g/mol. The lowest BCUT2D eigenvalue weighted by atomic mass is 10.2. The molecule has 0 radical (unpaired) electrons. The molecule has 0 aliphatic carbocycles. The molecule has 3 heteroatoms. The van der Waals surface area contributed by atoms with Gasteiger partial charge in [-0.1, -0.05) is 13.2 Å². The standard InChI is InChI=1S/C7H11N3/c1-4-6(9-3)7(5-2)10-8/h4-5H,1-2,8H2,3H3/b9-6?,10-7-. The monoisotopic (exact) mass is 137 g/mol. The Morgan fingerprint density at radius 1 is 1.30 bits per heavy atom. The maximum absolute atomic E-state index is 5.02. The highest BCUT2D eigenvalue weighted by atomic mass is 15.1. The molecule has 0 aromatic heterocycles. The van der Waals surface area contributed by atoms with Crippen molar-refractivity contribution < 1.29 is 0 Å². The minimum Gasteiger partial charge on any atom is -0.323 e. The van der Waals surface area contributed by atoms with Crippen LogP contribution >= 0.6 is 0 Å². The number of hydrogen-bond acceptors (Lipinski definition) is 3. The van der Waals surface area contributed by atoms with Gasteiger partial charge in [0, 0.05) is 7.05 Å². The van der Waals surface area contributed by atoms with Gasteiger partial charge in [-0.05, 0) is 12.2 Å². The van der Waals surface area contributed by atoms with Crippen LogP contribution in [0.1, 0.15) is 0 Å². The zero-order valence-corrected chi connectivity index (χ0v) is 6.04. The average Bonchev–Trinajstić information content (AvgIpc) is 2.00. The Kier molecular flexibility index (Phi) is 3.87. The Hall–Kier alpha value is -1.38. The molecule has 0 aromatic rings. The molecule has 0 atom stereocenters. The van der Waals surface area contributed by atoms with Crippen molar-refractivity contribution >= 4 is 11.4 Å². The van der Waals surface area contributed by atoms with Crippen LogP contribution in [0, 0.1) is 0 Å². The highest BCUT2D eigenvalue weighted by Crippen LogP contribution is 1.85. The van der Waals surface area contributed by atoms with Crippen molar-refractivity contribution in [2.75, 3.05) is 7.05 Å². The molecule has 2 N–H and O–H groups in total. The predicted molar refractivity (Wildman–Crippen MR) is 45.4 cm³/mol. The van der Waals surface area contributed by atoms with Crippen molar-refractivity contribution in [2.45, 2.75) is 0 Å². The first-order chi connectivity index (χ1) is 4.79. The van der Waals surface area contributed by atoms with Crippen LogP contribution in [-0.2, 0) is 0 Å². The summed E-state index contributed by atoms with van der Waals surface area (Å²) in [6.45, 7) is 7.04. The van der Waals surface area contributed by atoms with Gasteiger partial charge in [0.1, 0.15) is 5.71 Å². The number of nitrogens with zero attached hydrogens (tertiary/aromatic N) is 2. The first kappa shape index (κ1) is 8.62. The van der Waals surface area contributed by atoms with Gasteiger partial charge in [-0.3, -0.25) is 4.99 Å². The molecule has 0 spiro atoms. The van der Waals surface area contributed by atoms with Crippen LogP contribution in [0.3, 0.4) is 0 Å². The smallest absolute Gasteiger partial charge is 0.107 e. The molecule has 10 heavy (non-hydrogen) atoms. The van der Waals surface area contributed by atoms with Crippen LogP contribution in [0.4, 0.5) is 0 Å². The summed E-state index contributed by atoms with van der Waals surface area (Å²) in [5, 5.41) is 3.45. The van der Waals surface area contributed by atoms with E-state index in [1.165, 1.54) is 6.08 Å². The van der Waals surface area contributed by atoms with Crippen LogP contribution in [0.5, 0.6) is 0 Å². The lowest BCUT2D eigenvalue weighted by molar-refractivity contribution is 1.26. The summed E-state index contributed by atoms with van der Waals surface area (Å²) in [6.07, 6.45) is 3.11. The summed E-state index contributed by atoms with van der Waals surface area (Å²) >= 11 is 0. The molecule has 0 rings (SSSR count). The van der Waals surface area contributed by atoms with Crippen LogP contribution < -0.4 is 5.84 Å². The quantitative estimate of drug-likeness (QED) is 0.348. The molecule has 0 amide bonds. The van der Waals surface area contributed by atoms with Crippen molar-refractivity contribution in [1.29, 1.82) is 0 Å². The molecule has 0 unspecified atom stereocenters. The lowest BCUT2D eigenvalue weighted by Gasteiger charge is -1.95. The molecule has 0 heterocycles. The van der Waals surface area contributed by atoms with Crippen molar-refractivity contribution in [3.63, 3.8) is 0 Å². The third kappa shape index (κ3) is 1.85. The van der Waals surface area contributed by atoms with E-state index in [1.54, 1.807) is 13.1 Å². The Bertz CT molecular complexity index is 167. The maximum Gasteiger partial charge on any atom is 0.107 e. The van der Waals surface area contributed by atoms with Crippen LogP contribution in [0.2, 0.25) is 0 Å². The molecule has 0 saturated heterocycles. The summed E-state index contributed by atoms with van der Waals surface area (Å²) < 4.78 is 0. The number of rotatable bonds is 3.